The highest BCUT2D eigenvalue weighted by Gasteiger charge is 2.31. The fraction of sp³-hybridized carbons (Fsp3) is 0.529. The number of carbonyl (C=O) groups is 2. The number of ether oxygens (including phenoxy) is 1. The van der Waals surface area contributed by atoms with E-state index in [1.54, 1.807) is 4.90 Å². The van der Waals surface area contributed by atoms with Crippen LogP contribution in [-0.4, -0.2) is 61.1 Å². The standard InChI is InChI=1S/C17H21F2N3O3/c18-13-1-2-15(14(19)11-13)20-17(24)22-5-3-12(4-6-22)16(23)21-7-9-25-10-8-21/h1-2,11-12H,3-10H2,(H,20,24). The number of piperidine rings is 1. The number of anilines is 1. The molecule has 0 saturated carbocycles. The second-order valence-electron chi connectivity index (χ2n) is 6.25. The minimum absolute atomic E-state index is 0.0575. The molecule has 0 unspecified atom stereocenters. The van der Waals surface area contributed by atoms with E-state index < -0.39 is 17.7 Å². The maximum atomic E-state index is 13.6. The second-order valence-corrected chi connectivity index (χ2v) is 6.25. The molecule has 2 aliphatic rings. The zero-order chi connectivity index (χ0) is 17.8. The predicted molar refractivity (Wildman–Crippen MR) is 87.1 cm³/mol. The fourth-order valence-electron chi connectivity index (χ4n) is 3.16. The molecular weight excluding hydrogens is 332 g/mol. The summed E-state index contributed by atoms with van der Waals surface area (Å²) in [6.07, 6.45) is 1.16. The van der Waals surface area contributed by atoms with Gasteiger partial charge in [0.25, 0.3) is 0 Å². The molecule has 136 valence electrons. The number of likely N-dealkylation sites (tertiary alicyclic amines) is 1. The molecular formula is C17H21F2N3O3. The molecule has 0 spiro atoms. The van der Waals surface area contributed by atoms with E-state index >= 15 is 0 Å². The van der Waals surface area contributed by atoms with Gasteiger partial charge in [-0.25, -0.2) is 13.6 Å². The number of nitrogens with one attached hydrogen (secondary N) is 1. The van der Waals surface area contributed by atoms with Gasteiger partial charge in [0.05, 0.1) is 18.9 Å². The van der Waals surface area contributed by atoms with Crippen molar-refractivity contribution in [2.24, 2.45) is 5.92 Å². The van der Waals surface area contributed by atoms with Crippen LogP contribution in [0, 0.1) is 17.6 Å². The summed E-state index contributed by atoms with van der Waals surface area (Å²) in [4.78, 5) is 28.1. The van der Waals surface area contributed by atoms with Crippen LogP contribution < -0.4 is 5.32 Å². The van der Waals surface area contributed by atoms with Crippen LogP contribution >= 0.6 is 0 Å². The largest absolute Gasteiger partial charge is 0.378 e. The Morgan fingerprint density at radius 2 is 1.72 bits per heavy atom. The molecule has 1 N–H and O–H groups in total. The normalized spacial score (nSPS) is 19.0. The lowest BCUT2D eigenvalue weighted by Crippen LogP contribution is -2.48. The third kappa shape index (κ3) is 4.25. The number of benzene rings is 1. The van der Waals surface area contributed by atoms with Gasteiger partial charge in [0.2, 0.25) is 5.91 Å². The van der Waals surface area contributed by atoms with E-state index in [0.717, 1.165) is 12.1 Å². The summed E-state index contributed by atoms with van der Waals surface area (Å²) >= 11 is 0. The summed E-state index contributed by atoms with van der Waals surface area (Å²) in [5, 5.41) is 2.45. The van der Waals surface area contributed by atoms with Crippen LogP contribution in [-0.2, 0) is 9.53 Å². The van der Waals surface area contributed by atoms with E-state index in [4.69, 9.17) is 4.74 Å². The molecule has 8 heteroatoms. The van der Waals surface area contributed by atoms with Gasteiger partial charge in [0.15, 0.2) is 0 Å². The van der Waals surface area contributed by atoms with Crippen LogP contribution in [0.25, 0.3) is 0 Å². The van der Waals surface area contributed by atoms with Gasteiger partial charge in [0, 0.05) is 38.2 Å². The van der Waals surface area contributed by atoms with E-state index in [9.17, 15) is 18.4 Å². The molecule has 2 saturated heterocycles. The quantitative estimate of drug-likeness (QED) is 0.885. The molecule has 2 heterocycles. The first-order chi connectivity index (χ1) is 12.0. The molecule has 0 aliphatic carbocycles. The summed E-state index contributed by atoms with van der Waals surface area (Å²) in [6, 6.07) is 2.56. The van der Waals surface area contributed by atoms with Gasteiger partial charge in [-0.1, -0.05) is 0 Å². The number of amides is 3. The average Bonchev–Trinajstić information content (AvgIpc) is 2.64. The van der Waals surface area contributed by atoms with Crippen molar-refractivity contribution in [1.29, 1.82) is 0 Å². The number of rotatable bonds is 2. The first-order valence-electron chi connectivity index (χ1n) is 8.42. The van der Waals surface area contributed by atoms with E-state index in [-0.39, 0.29) is 17.5 Å². The van der Waals surface area contributed by atoms with Crippen molar-refractivity contribution in [2.45, 2.75) is 12.8 Å². The van der Waals surface area contributed by atoms with Crippen molar-refractivity contribution >= 4 is 17.6 Å². The third-order valence-electron chi connectivity index (χ3n) is 4.63. The predicted octanol–water partition coefficient (Wildman–Crippen LogP) is 2.07. The topological polar surface area (TPSA) is 61.9 Å². The number of hydrogen-bond acceptors (Lipinski definition) is 3. The van der Waals surface area contributed by atoms with Crippen LogP contribution in [0.2, 0.25) is 0 Å². The van der Waals surface area contributed by atoms with Gasteiger partial charge >= 0.3 is 6.03 Å². The highest BCUT2D eigenvalue weighted by atomic mass is 19.1. The first-order valence-corrected chi connectivity index (χ1v) is 8.42. The first kappa shape index (κ1) is 17.6. The lowest BCUT2D eigenvalue weighted by molar-refractivity contribution is -0.140. The van der Waals surface area contributed by atoms with Crippen molar-refractivity contribution in [3.8, 4) is 0 Å². The fourth-order valence-corrected chi connectivity index (χ4v) is 3.16. The maximum Gasteiger partial charge on any atom is 0.321 e. The Kier molecular flexibility index (Phi) is 5.47. The van der Waals surface area contributed by atoms with Gasteiger partial charge < -0.3 is 19.9 Å². The Hall–Kier alpha value is -2.22. The number of hydrogen-bond donors (Lipinski definition) is 1. The van der Waals surface area contributed by atoms with Gasteiger partial charge in [-0.15, -0.1) is 0 Å². The Balaban J connectivity index is 1.51. The zero-order valence-electron chi connectivity index (χ0n) is 13.8. The molecule has 25 heavy (non-hydrogen) atoms. The van der Waals surface area contributed by atoms with Crippen LogP contribution in [0.4, 0.5) is 19.3 Å². The van der Waals surface area contributed by atoms with Crippen molar-refractivity contribution in [3.05, 3.63) is 29.8 Å². The monoisotopic (exact) mass is 353 g/mol. The van der Waals surface area contributed by atoms with Gasteiger partial charge in [-0.2, -0.15) is 0 Å². The Morgan fingerprint density at radius 3 is 2.36 bits per heavy atom. The average molecular weight is 353 g/mol. The highest BCUT2D eigenvalue weighted by Crippen LogP contribution is 2.22. The molecule has 2 fully saturated rings. The zero-order valence-corrected chi connectivity index (χ0v) is 13.8. The third-order valence-corrected chi connectivity index (χ3v) is 4.63. The van der Waals surface area contributed by atoms with Gasteiger partial charge in [-0.3, -0.25) is 4.79 Å². The SMILES string of the molecule is O=C(Nc1ccc(F)cc1F)N1CCC(C(=O)N2CCOCC2)CC1. The molecule has 2 aliphatic heterocycles. The molecule has 1 aromatic rings. The molecule has 0 radical (unpaired) electrons. The van der Waals surface area contributed by atoms with Crippen molar-refractivity contribution in [2.75, 3.05) is 44.7 Å². The molecule has 0 bridgehead atoms. The minimum Gasteiger partial charge on any atom is -0.378 e. The number of halogens is 2. The number of nitrogens with zero attached hydrogens (tertiary/aromatic N) is 2. The lowest BCUT2D eigenvalue weighted by Gasteiger charge is -2.35. The van der Waals surface area contributed by atoms with Crippen LogP contribution in [0.5, 0.6) is 0 Å². The summed E-state index contributed by atoms with van der Waals surface area (Å²) in [5.74, 6) is -1.48. The number of carbonyl (C=O) groups excluding carboxylic acids is 2. The molecule has 0 atom stereocenters. The minimum atomic E-state index is -0.814. The van der Waals surface area contributed by atoms with Crippen LogP contribution in [0.3, 0.4) is 0 Å². The smallest absolute Gasteiger partial charge is 0.321 e. The molecule has 0 aromatic heterocycles. The molecule has 3 rings (SSSR count). The van der Waals surface area contributed by atoms with Gasteiger partial charge in [-0.05, 0) is 25.0 Å². The van der Waals surface area contributed by atoms with Gasteiger partial charge in [0.1, 0.15) is 11.6 Å². The Labute approximate surface area is 144 Å². The number of morpholine rings is 1. The van der Waals surface area contributed by atoms with E-state index in [0.29, 0.717) is 52.2 Å². The summed E-state index contributed by atoms with van der Waals surface area (Å²) in [6.45, 7) is 3.21. The van der Waals surface area contributed by atoms with Crippen LogP contribution in [0.1, 0.15) is 12.8 Å². The summed E-state index contributed by atoms with van der Waals surface area (Å²) < 4.78 is 31.8. The van der Waals surface area contributed by atoms with E-state index in [1.165, 1.54) is 6.07 Å². The van der Waals surface area contributed by atoms with Crippen LogP contribution in [0.15, 0.2) is 18.2 Å². The highest BCUT2D eigenvalue weighted by molar-refractivity contribution is 5.89. The number of urea groups is 1. The van der Waals surface area contributed by atoms with Crippen molar-refractivity contribution in [1.82, 2.24) is 9.80 Å². The summed E-state index contributed by atoms with van der Waals surface area (Å²) in [5.41, 5.74) is -0.0575. The lowest BCUT2D eigenvalue weighted by atomic mass is 9.95. The molecule has 6 nitrogen and oxygen atoms in total. The van der Waals surface area contributed by atoms with E-state index in [1.807, 2.05) is 4.90 Å². The Morgan fingerprint density at radius 1 is 1.04 bits per heavy atom. The van der Waals surface area contributed by atoms with Crippen molar-refractivity contribution in [3.63, 3.8) is 0 Å². The Bertz CT molecular complexity index is 642. The molecule has 1 aromatic carbocycles. The summed E-state index contributed by atoms with van der Waals surface area (Å²) in [7, 11) is 0. The van der Waals surface area contributed by atoms with E-state index in [2.05, 4.69) is 5.32 Å². The van der Waals surface area contributed by atoms with Crippen molar-refractivity contribution < 1.29 is 23.1 Å². The maximum absolute atomic E-state index is 13.6. The molecule has 3 amide bonds. The second kappa shape index (κ2) is 7.77.